The molecule has 2 rings (SSSR count). The Morgan fingerprint density at radius 2 is 2.19 bits per heavy atom. The van der Waals surface area contributed by atoms with Crippen LogP contribution in [0.1, 0.15) is 5.56 Å². The number of nitrogens with zero attached hydrogens (tertiary/aromatic N) is 1. The van der Waals surface area contributed by atoms with Crippen molar-refractivity contribution in [3.8, 4) is 11.8 Å². The summed E-state index contributed by atoms with van der Waals surface area (Å²) in [4.78, 5) is 25.8. The number of aromatic nitrogens is 1. The van der Waals surface area contributed by atoms with E-state index in [4.69, 9.17) is 10.00 Å². The Bertz CT molecular complexity index is 765. The molecule has 0 bridgehead atoms. The molecule has 1 aromatic heterocycles. The Hall–Kier alpha value is -2.59. The number of aromatic amines is 1. The van der Waals surface area contributed by atoms with Crippen LogP contribution in [-0.4, -0.2) is 17.5 Å². The normalized spacial score (nSPS) is 9.71. The van der Waals surface area contributed by atoms with Crippen LogP contribution in [0.5, 0.6) is 5.75 Å². The zero-order chi connectivity index (χ0) is 15.2. The molecule has 0 aliphatic heterocycles. The lowest BCUT2D eigenvalue weighted by Gasteiger charge is -2.07. The molecule has 7 heteroatoms. The molecule has 0 spiro atoms. The van der Waals surface area contributed by atoms with Crippen LogP contribution in [0.3, 0.4) is 0 Å². The second kappa shape index (κ2) is 6.72. The summed E-state index contributed by atoms with van der Waals surface area (Å²) in [6.07, 6.45) is 0. The minimum atomic E-state index is -0.467. The summed E-state index contributed by atoms with van der Waals surface area (Å²) in [6, 6.07) is 11.5. The summed E-state index contributed by atoms with van der Waals surface area (Å²) in [7, 11) is 0. The third-order valence-corrected chi connectivity index (χ3v) is 2.94. The second-order valence-corrected chi connectivity index (χ2v) is 4.88. The maximum Gasteiger partial charge on any atom is 0.272 e. The molecular weight excluding hydrogens is 338 g/mol. The number of anilines is 1. The number of halogens is 1. The zero-order valence-corrected chi connectivity index (χ0v) is 12.3. The van der Waals surface area contributed by atoms with Gasteiger partial charge < -0.3 is 15.0 Å². The molecule has 0 saturated heterocycles. The van der Waals surface area contributed by atoms with E-state index in [9.17, 15) is 9.59 Å². The summed E-state index contributed by atoms with van der Waals surface area (Å²) in [5.74, 6) is -0.0564. The van der Waals surface area contributed by atoms with Gasteiger partial charge in [0.2, 0.25) is 0 Å². The van der Waals surface area contributed by atoms with Gasteiger partial charge in [-0.25, -0.2) is 0 Å². The SMILES string of the molecule is N#Cc1cccc(OCC(=O)Nc2ccc(Br)[nH]c2=O)c1. The molecule has 0 atom stereocenters. The van der Waals surface area contributed by atoms with Gasteiger partial charge in [-0.3, -0.25) is 9.59 Å². The number of H-pyrrole nitrogens is 1. The van der Waals surface area contributed by atoms with Crippen molar-refractivity contribution < 1.29 is 9.53 Å². The number of ether oxygens (including phenoxy) is 1. The van der Waals surface area contributed by atoms with Crippen molar-refractivity contribution >= 4 is 27.5 Å². The van der Waals surface area contributed by atoms with E-state index in [1.54, 1.807) is 24.3 Å². The predicted molar refractivity (Wildman–Crippen MR) is 80.0 cm³/mol. The molecule has 21 heavy (non-hydrogen) atoms. The van der Waals surface area contributed by atoms with Crippen LogP contribution in [0.4, 0.5) is 5.69 Å². The number of amides is 1. The quantitative estimate of drug-likeness (QED) is 0.827. The highest BCUT2D eigenvalue weighted by Gasteiger charge is 2.07. The fourth-order valence-electron chi connectivity index (χ4n) is 1.54. The van der Waals surface area contributed by atoms with Gasteiger partial charge in [-0.05, 0) is 46.3 Å². The summed E-state index contributed by atoms with van der Waals surface area (Å²) in [6.45, 7) is -0.260. The van der Waals surface area contributed by atoms with Gasteiger partial charge in [0.1, 0.15) is 11.4 Å². The van der Waals surface area contributed by atoms with Gasteiger partial charge in [-0.15, -0.1) is 0 Å². The Labute approximate surface area is 128 Å². The minimum Gasteiger partial charge on any atom is -0.484 e. The van der Waals surface area contributed by atoms with Crippen molar-refractivity contribution in [2.45, 2.75) is 0 Å². The van der Waals surface area contributed by atoms with Crippen LogP contribution in [0.15, 0.2) is 45.8 Å². The Balaban J connectivity index is 1.96. The summed E-state index contributed by atoms with van der Waals surface area (Å²) >= 11 is 3.12. The van der Waals surface area contributed by atoms with Gasteiger partial charge in [0.15, 0.2) is 6.61 Å². The number of benzene rings is 1. The van der Waals surface area contributed by atoms with Crippen LogP contribution in [0.25, 0.3) is 0 Å². The highest BCUT2D eigenvalue weighted by atomic mass is 79.9. The van der Waals surface area contributed by atoms with Crippen LogP contribution in [0, 0.1) is 11.3 Å². The third-order valence-electron chi connectivity index (χ3n) is 2.48. The number of hydrogen-bond donors (Lipinski definition) is 2. The lowest BCUT2D eigenvalue weighted by molar-refractivity contribution is -0.118. The molecule has 1 amide bonds. The fraction of sp³-hybridized carbons (Fsp3) is 0.0714. The number of nitriles is 1. The van der Waals surface area contributed by atoms with Gasteiger partial charge in [0.05, 0.1) is 16.2 Å². The topological polar surface area (TPSA) is 95.0 Å². The summed E-state index contributed by atoms with van der Waals surface area (Å²) < 4.78 is 5.78. The molecule has 0 fully saturated rings. The van der Waals surface area contributed by atoms with Gasteiger partial charge in [0.25, 0.3) is 11.5 Å². The molecule has 0 radical (unpaired) electrons. The third kappa shape index (κ3) is 4.19. The highest BCUT2D eigenvalue weighted by Crippen LogP contribution is 2.12. The average Bonchev–Trinajstić information content (AvgIpc) is 2.48. The van der Waals surface area contributed by atoms with Gasteiger partial charge in [-0.1, -0.05) is 6.07 Å². The molecule has 0 saturated carbocycles. The molecule has 0 unspecified atom stereocenters. The van der Waals surface area contributed by atoms with Gasteiger partial charge >= 0.3 is 0 Å². The molecule has 1 aromatic carbocycles. The van der Waals surface area contributed by atoms with Crippen molar-refractivity contribution in [1.82, 2.24) is 4.98 Å². The van der Waals surface area contributed by atoms with Crippen LogP contribution in [0.2, 0.25) is 0 Å². The Morgan fingerprint density at radius 3 is 2.90 bits per heavy atom. The lowest BCUT2D eigenvalue weighted by atomic mass is 10.2. The van der Waals surface area contributed by atoms with Gasteiger partial charge in [-0.2, -0.15) is 5.26 Å². The van der Waals surface area contributed by atoms with Crippen molar-refractivity contribution in [3.63, 3.8) is 0 Å². The molecule has 2 aromatic rings. The first-order chi connectivity index (χ1) is 10.1. The van der Waals surface area contributed by atoms with E-state index in [1.165, 1.54) is 12.1 Å². The molecule has 0 aliphatic rings. The molecule has 0 aliphatic carbocycles. The number of pyridine rings is 1. The first-order valence-corrected chi connectivity index (χ1v) is 6.69. The van der Waals surface area contributed by atoms with E-state index < -0.39 is 11.5 Å². The van der Waals surface area contributed by atoms with Crippen LogP contribution < -0.4 is 15.6 Å². The van der Waals surface area contributed by atoms with E-state index >= 15 is 0 Å². The maximum atomic E-state index is 11.7. The second-order valence-electron chi connectivity index (χ2n) is 4.03. The predicted octanol–water partition coefficient (Wildman–Crippen LogP) is 2.03. The van der Waals surface area contributed by atoms with E-state index in [-0.39, 0.29) is 12.3 Å². The number of rotatable bonds is 4. The van der Waals surface area contributed by atoms with E-state index in [1.807, 2.05) is 6.07 Å². The van der Waals surface area contributed by atoms with Crippen molar-refractivity contribution in [3.05, 3.63) is 56.9 Å². The van der Waals surface area contributed by atoms with Crippen LogP contribution >= 0.6 is 15.9 Å². The Kier molecular flexibility index (Phi) is 4.74. The first kappa shape index (κ1) is 14.8. The molecule has 2 N–H and O–H groups in total. The largest absolute Gasteiger partial charge is 0.484 e. The summed E-state index contributed by atoms with van der Waals surface area (Å²) in [5, 5.41) is 11.2. The number of hydrogen-bond acceptors (Lipinski definition) is 4. The molecule has 6 nitrogen and oxygen atoms in total. The van der Waals surface area contributed by atoms with Crippen molar-refractivity contribution in [1.29, 1.82) is 5.26 Å². The lowest BCUT2D eigenvalue weighted by Crippen LogP contribution is -2.24. The molecule has 1 heterocycles. The molecular formula is C14H10BrN3O3. The Morgan fingerprint density at radius 1 is 1.38 bits per heavy atom. The number of carbonyl (C=O) groups excluding carboxylic acids is 1. The standard InChI is InChI=1S/C14H10BrN3O3/c15-12-5-4-11(14(20)18-12)17-13(19)8-21-10-3-1-2-9(6-10)7-16/h1-6H,8H2,(H,17,19)(H,18,20). The fourth-order valence-corrected chi connectivity index (χ4v) is 1.85. The minimum absolute atomic E-state index is 0.137. The number of nitrogens with one attached hydrogen (secondary N) is 2. The zero-order valence-electron chi connectivity index (χ0n) is 10.7. The van der Waals surface area contributed by atoms with Crippen LogP contribution in [-0.2, 0) is 4.79 Å². The highest BCUT2D eigenvalue weighted by molar-refractivity contribution is 9.10. The van der Waals surface area contributed by atoms with Gasteiger partial charge in [0, 0.05) is 0 Å². The summed E-state index contributed by atoms with van der Waals surface area (Å²) in [5.41, 5.74) is 0.166. The molecule has 106 valence electrons. The van der Waals surface area contributed by atoms with E-state index in [0.29, 0.717) is 15.9 Å². The van der Waals surface area contributed by atoms with Crippen molar-refractivity contribution in [2.75, 3.05) is 11.9 Å². The van der Waals surface area contributed by atoms with E-state index in [0.717, 1.165) is 0 Å². The first-order valence-electron chi connectivity index (χ1n) is 5.90. The van der Waals surface area contributed by atoms with Crippen molar-refractivity contribution in [2.24, 2.45) is 0 Å². The maximum absolute atomic E-state index is 11.7. The number of carbonyl (C=O) groups is 1. The smallest absolute Gasteiger partial charge is 0.272 e. The monoisotopic (exact) mass is 347 g/mol. The van der Waals surface area contributed by atoms with E-state index in [2.05, 4.69) is 26.2 Å². The average molecular weight is 348 g/mol.